The minimum atomic E-state index is 1.05. The molecule has 0 aliphatic heterocycles. The first-order chi connectivity index (χ1) is 20.8. The van der Waals surface area contributed by atoms with Gasteiger partial charge >= 0.3 is 0 Å². The van der Waals surface area contributed by atoms with E-state index in [0.29, 0.717) is 0 Å². The van der Waals surface area contributed by atoms with Crippen LogP contribution in [0, 0.1) is 6.92 Å². The fourth-order valence-electron chi connectivity index (χ4n) is 7.04. The van der Waals surface area contributed by atoms with Crippen LogP contribution in [-0.2, 0) is 0 Å². The predicted octanol–water partition coefficient (Wildman–Crippen LogP) is 10.2. The number of aromatic nitrogens is 3. The average molecular weight is 536 g/mol. The SMILES string of the molecule is Cc1c(-c2ccc3c4c5ccccc5c5ccccc5c4n(-c4cccnc4)c3c2)ccc2ccc3cccnc3c12. The third-order valence-electron chi connectivity index (χ3n) is 8.87. The van der Waals surface area contributed by atoms with Crippen molar-refractivity contribution in [3.05, 3.63) is 139 Å². The number of aryl methyl sites for hydroxylation is 1. The van der Waals surface area contributed by atoms with E-state index in [1.54, 1.807) is 0 Å². The van der Waals surface area contributed by atoms with Crippen molar-refractivity contribution in [2.45, 2.75) is 6.92 Å². The zero-order chi connectivity index (χ0) is 27.8. The van der Waals surface area contributed by atoms with E-state index >= 15 is 0 Å². The molecule has 0 N–H and O–H groups in total. The number of hydrogen-bond acceptors (Lipinski definition) is 2. The summed E-state index contributed by atoms with van der Waals surface area (Å²) < 4.78 is 2.41. The Hall–Kier alpha value is -5.54. The second-order valence-corrected chi connectivity index (χ2v) is 11.1. The van der Waals surface area contributed by atoms with E-state index in [-0.39, 0.29) is 0 Å². The summed E-state index contributed by atoms with van der Waals surface area (Å²) in [5.74, 6) is 0. The molecule has 3 heteroatoms. The largest absolute Gasteiger partial charge is 0.307 e. The Balaban J connectivity index is 1.44. The summed E-state index contributed by atoms with van der Waals surface area (Å²) in [5.41, 5.74) is 8.16. The molecular weight excluding hydrogens is 510 g/mol. The molecule has 3 heterocycles. The van der Waals surface area contributed by atoms with Gasteiger partial charge in [-0.05, 0) is 69.4 Å². The molecule has 3 nitrogen and oxygen atoms in total. The maximum atomic E-state index is 4.78. The monoisotopic (exact) mass is 535 g/mol. The van der Waals surface area contributed by atoms with Gasteiger partial charge in [0.2, 0.25) is 0 Å². The standard InChI is InChI=1S/C39H25N3/c1-24-29(18-16-25-14-15-26-8-6-21-41-38(26)36(24)25)27-17-19-34-35(22-27)42(28-9-7-20-40-23-28)39-33-13-5-3-11-31(33)30-10-2-4-12-32(30)37(34)39/h2-23H,1H3. The number of rotatable bonds is 2. The molecule has 0 aliphatic rings. The first-order valence-electron chi connectivity index (χ1n) is 14.3. The Bertz CT molecular complexity index is 2520. The Morgan fingerprint density at radius 2 is 1.31 bits per heavy atom. The number of nitrogens with zero attached hydrogens (tertiary/aromatic N) is 3. The quantitative estimate of drug-likeness (QED) is 0.206. The third-order valence-corrected chi connectivity index (χ3v) is 8.87. The van der Waals surface area contributed by atoms with Gasteiger partial charge in [-0.1, -0.05) is 91.0 Å². The van der Waals surface area contributed by atoms with Crippen molar-refractivity contribution in [3.63, 3.8) is 0 Å². The predicted molar refractivity (Wildman–Crippen MR) is 177 cm³/mol. The highest BCUT2D eigenvalue weighted by atomic mass is 15.0. The van der Waals surface area contributed by atoms with Crippen molar-refractivity contribution in [1.29, 1.82) is 0 Å². The molecular formula is C39H25N3. The Morgan fingerprint density at radius 1 is 0.571 bits per heavy atom. The van der Waals surface area contributed by atoms with Crippen LogP contribution in [0.3, 0.4) is 0 Å². The van der Waals surface area contributed by atoms with Crippen LogP contribution in [0.25, 0.3) is 81.8 Å². The van der Waals surface area contributed by atoms with E-state index in [2.05, 4.69) is 120 Å². The molecule has 6 aromatic carbocycles. The first kappa shape index (κ1) is 23.2. The zero-order valence-electron chi connectivity index (χ0n) is 23.0. The van der Waals surface area contributed by atoms with Crippen LogP contribution in [0.2, 0.25) is 0 Å². The van der Waals surface area contributed by atoms with E-state index in [1.165, 1.54) is 70.8 Å². The summed E-state index contributed by atoms with van der Waals surface area (Å²) in [5, 5.41) is 11.2. The van der Waals surface area contributed by atoms with Crippen molar-refractivity contribution in [3.8, 4) is 16.8 Å². The van der Waals surface area contributed by atoms with Gasteiger partial charge in [-0.2, -0.15) is 0 Å². The lowest BCUT2D eigenvalue weighted by Gasteiger charge is -2.13. The molecule has 9 rings (SSSR count). The van der Waals surface area contributed by atoms with E-state index in [0.717, 1.165) is 16.6 Å². The van der Waals surface area contributed by atoms with Crippen molar-refractivity contribution in [2.24, 2.45) is 0 Å². The van der Waals surface area contributed by atoms with Gasteiger partial charge in [0, 0.05) is 39.3 Å². The number of pyridine rings is 2. The van der Waals surface area contributed by atoms with Crippen LogP contribution in [0.1, 0.15) is 5.56 Å². The molecule has 0 unspecified atom stereocenters. The van der Waals surface area contributed by atoms with E-state index < -0.39 is 0 Å². The molecule has 0 bridgehead atoms. The van der Waals surface area contributed by atoms with Crippen molar-refractivity contribution in [2.75, 3.05) is 0 Å². The molecule has 9 aromatic rings. The van der Waals surface area contributed by atoms with Gasteiger partial charge in [0.25, 0.3) is 0 Å². The lowest BCUT2D eigenvalue weighted by Crippen LogP contribution is -1.96. The first-order valence-corrected chi connectivity index (χ1v) is 14.3. The average Bonchev–Trinajstić information content (AvgIpc) is 3.40. The van der Waals surface area contributed by atoms with Gasteiger partial charge in [0.05, 0.1) is 28.4 Å². The summed E-state index contributed by atoms with van der Waals surface area (Å²) in [7, 11) is 0. The maximum absolute atomic E-state index is 4.78. The highest BCUT2D eigenvalue weighted by Crippen LogP contribution is 2.43. The van der Waals surface area contributed by atoms with Crippen molar-refractivity contribution >= 4 is 65.0 Å². The van der Waals surface area contributed by atoms with Crippen LogP contribution in [0.15, 0.2) is 134 Å². The fourth-order valence-corrected chi connectivity index (χ4v) is 7.04. The molecule has 0 amide bonds. The van der Waals surface area contributed by atoms with Crippen LogP contribution in [0.4, 0.5) is 0 Å². The van der Waals surface area contributed by atoms with E-state index in [4.69, 9.17) is 4.98 Å². The van der Waals surface area contributed by atoms with Gasteiger partial charge in [-0.3, -0.25) is 9.97 Å². The highest BCUT2D eigenvalue weighted by Gasteiger charge is 2.20. The molecule has 0 radical (unpaired) electrons. The summed E-state index contributed by atoms with van der Waals surface area (Å²) in [4.78, 5) is 9.31. The maximum Gasteiger partial charge on any atom is 0.0783 e. The molecule has 0 spiro atoms. The number of fused-ring (bicyclic) bond motifs is 11. The lowest BCUT2D eigenvalue weighted by atomic mass is 9.92. The molecule has 0 aliphatic carbocycles. The molecule has 196 valence electrons. The van der Waals surface area contributed by atoms with Gasteiger partial charge in [-0.25, -0.2) is 0 Å². The molecule has 0 saturated heterocycles. The lowest BCUT2D eigenvalue weighted by molar-refractivity contribution is 1.15. The Kier molecular flexibility index (Phi) is 4.82. The van der Waals surface area contributed by atoms with Crippen LogP contribution in [0.5, 0.6) is 0 Å². The summed E-state index contributed by atoms with van der Waals surface area (Å²) in [6.07, 6.45) is 5.70. The number of hydrogen-bond donors (Lipinski definition) is 0. The van der Waals surface area contributed by atoms with E-state index in [9.17, 15) is 0 Å². The second-order valence-electron chi connectivity index (χ2n) is 11.1. The van der Waals surface area contributed by atoms with Gasteiger partial charge in [0.15, 0.2) is 0 Å². The molecule has 3 aromatic heterocycles. The van der Waals surface area contributed by atoms with Gasteiger partial charge < -0.3 is 4.57 Å². The normalized spacial score (nSPS) is 11.9. The summed E-state index contributed by atoms with van der Waals surface area (Å²) in [6.45, 7) is 2.23. The topological polar surface area (TPSA) is 30.7 Å². The Morgan fingerprint density at radius 3 is 2.14 bits per heavy atom. The zero-order valence-corrected chi connectivity index (χ0v) is 23.0. The smallest absolute Gasteiger partial charge is 0.0783 e. The molecule has 0 saturated carbocycles. The van der Waals surface area contributed by atoms with Crippen LogP contribution < -0.4 is 0 Å². The van der Waals surface area contributed by atoms with Crippen LogP contribution >= 0.6 is 0 Å². The number of benzene rings is 6. The van der Waals surface area contributed by atoms with Gasteiger partial charge in [0.1, 0.15) is 0 Å². The van der Waals surface area contributed by atoms with Crippen molar-refractivity contribution in [1.82, 2.24) is 14.5 Å². The van der Waals surface area contributed by atoms with Crippen LogP contribution in [-0.4, -0.2) is 14.5 Å². The molecule has 0 fully saturated rings. The highest BCUT2D eigenvalue weighted by molar-refractivity contribution is 6.32. The minimum absolute atomic E-state index is 1.05. The molecule has 42 heavy (non-hydrogen) atoms. The van der Waals surface area contributed by atoms with E-state index in [1.807, 2.05) is 30.7 Å². The van der Waals surface area contributed by atoms with Crippen molar-refractivity contribution < 1.29 is 0 Å². The summed E-state index contributed by atoms with van der Waals surface area (Å²) >= 11 is 0. The summed E-state index contributed by atoms with van der Waals surface area (Å²) in [6, 6.07) is 41.7. The third kappa shape index (κ3) is 3.16. The Labute approximate surface area is 242 Å². The second kappa shape index (κ2) is 8.73. The van der Waals surface area contributed by atoms with Gasteiger partial charge in [-0.15, -0.1) is 0 Å². The fraction of sp³-hybridized carbons (Fsp3) is 0.0256. The molecule has 0 atom stereocenters. The minimum Gasteiger partial charge on any atom is -0.307 e.